The van der Waals surface area contributed by atoms with E-state index in [1.807, 2.05) is 31.2 Å². The summed E-state index contributed by atoms with van der Waals surface area (Å²) in [7, 11) is 0. The zero-order chi connectivity index (χ0) is 13.1. The molecular weight excluding hydrogens is 238 g/mol. The van der Waals surface area contributed by atoms with E-state index in [4.69, 9.17) is 22.4 Å². The number of benzene rings is 1. The standard InChI is InChI=1S/C13H18ClNO2/c1-9(8-13(2,15)12(16)17)7-10-3-5-11(14)6-4-10/h3-6,9H,7-8,15H2,1-2H3,(H,16,17). The zero-order valence-electron chi connectivity index (χ0n) is 10.1. The summed E-state index contributed by atoms with van der Waals surface area (Å²) < 4.78 is 0. The van der Waals surface area contributed by atoms with Crippen LogP contribution < -0.4 is 5.73 Å². The molecule has 2 atom stereocenters. The number of carbonyl (C=O) groups is 1. The third kappa shape index (κ3) is 4.36. The van der Waals surface area contributed by atoms with Crippen LogP contribution in [0.2, 0.25) is 5.02 Å². The molecule has 0 aliphatic rings. The monoisotopic (exact) mass is 255 g/mol. The van der Waals surface area contributed by atoms with Crippen molar-refractivity contribution in [3.63, 3.8) is 0 Å². The molecule has 0 radical (unpaired) electrons. The molecule has 17 heavy (non-hydrogen) atoms. The van der Waals surface area contributed by atoms with E-state index in [-0.39, 0.29) is 5.92 Å². The maximum absolute atomic E-state index is 10.9. The lowest BCUT2D eigenvalue weighted by molar-refractivity contribution is -0.143. The second-order valence-electron chi connectivity index (χ2n) is 4.86. The van der Waals surface area contributed by atoms with Gasteiger partial charge < -0.3 is 10.8 Å². The first-order chi connectivity index (χ1) is 7.81. The Labute approximate surface area is 107 Å². The molecule has 3 N–H and O–H groups in total. The number of carboxylic acids is 1. The van der Waals surface area contributed by atoms with E-state index in [1.165, 1.54) is 0 Å². The number of aliphatic carboxylic acids is 1. The van der Waals surface area contributed by atoms with Crippen molar-refractivity contribution in [2.24, 2.45) is 11.7 Å². The van der Waals surface area contributed by atoms with Crippen molar-refractivity contribution in [2.75, 3.05) is 0 Å². The fourth-order valence-corrected chi connectivity index (χ4v) is 2.03. The molecule has 0 heterocycles. The van der Waals surface area contributed by atoms with E-state index >= 15 is 0 Å². The van der Waals surface area contributed by atoms with Gasteiger partial charge in [-0.1, -0.05) is 30.7 Å². The molecule has 94 valence electrons. The van der Waals surface area contributed by atoms with Gasteiger partial charge in [0.05, 0.1) is 0 Å². The Balaban J connectivity index is 2.58. The van der Waals surface area contributed by atoms with Gasteiger partial charge in [0.15, 0.2) is 0 Å². The van der Waals surface area contributed by atoms with E-state index < -0.39 is 11.5 Å². The third-order valence-corrected chi connectivity index (χ3v) is 3.01. The number of hydrogen-bond acceptors (Lipinski definition) is 2. The van der Waals surface area contributed by atoms with Gasteiger partial charge in [-0.15, -0.1) is 0 Å². The second-order valence-corrected chi connectivity index (χ2v) is 5.30. The largest absolute Gasteiger partial charge is 0.480 e. The number of carboxylic acid groups (broad SMARTS) is 1. The van der Waals surface area contributed by atoms with Crippen molar-refractivity contribution < 1.29 is 9.90 Å². The van der Waals surface area contributed by atoms with Gasteiger partial charge in [0.1, 0.15) is 5.54 Å². The van der Waals surface area contributed by atoms with E-state index in [0.717, 1.165) is 12.0 Å². The van der Waals surface area contributed by atoms with Crippen molar-refractivity contribution in [3.8, 4) is 0 Å². The van der Waals surface area contributed by atoms with Crippen LogP contribution in [0.25, 0.3) is 0 Å². The summed E-state index contributed by atoms with van der Waals surface area (Å²) in [5.74, 6) is -0.747. The number of nitrogens with two attached hydrogens (primary N) is 1. The van der Waals surface area contributed by atoms with Crippen LogP contribution in [-0.4, -0.2) is 16.6 Å². The first-order valence-corrected chi connectivity index (χ1v) is 5.96. The molecule has 1 aromatic carbocycles. The molecule has 1 aromatic rings. The van der Waals surface area contributed by atoms with Crippen LogP contribution in [0.4, 0.5) is 0 Å². The zero-order valence-corrected chi connectivity index (χ0v) is 10.9. The summed E-state index contributed by atoms with van der Waals surface area (Å²) in [6, 6.07) is 7.58. The molecule has 2 unspecified atom stereocenters. The Morgan fingerprint density at radius 2 is 2.00 bits per heavy atom. The van der Waals surface area contributed by atoms with Gasteiger partial charge in [0.25, 0.3) is 0 Å². The predicted molar refractivity (Wildman–Crippen MR) is 69.2 cm³/mol. The van der Waals surface area contributed by atoms with Gasteiger partial charge in [0.2, 0.25) is 0 Å². The highest BCUT2D eigenvalue weighted by Gasteiger charge is 2.29. The number of rotatable bonds is 5. The molecule has 1 rings (SSSR count). The second kappa shape index (κ2) is 5.52. The van der Waals surface area contributed by atoms with Gasteiger partial charge in [0, 0.05) is 5.02 Å². The fraction of sp³-hybridized carbons (Fsp3) is 0.462. The molecule has 0 saturated carbocycles. The molecular formula is C13H18ClNO2. The number of halogens is 1. The molecule has 0 spiro atoms. The SMILES string of the molecule is CC(Cc1ccc(Cl)cc1)CC(C)(N)C(=O)O. The van der Waals surface area contributed by atoms with Gasteiger partial charge in [-0.25, -0.2) is 0 Å². The molecule has 0 aromatic heterocycles. The normalized spacial score (nSPS) is 16.2. The molecule has 0 aliphatic carbocycles. The van der Waals surface area contributed by atoms with Gasteiger partial charge in [-0.3, -0.25) is 4.79 Å². The van der Waals surface area contributed by atoms with Gasteiger partial charge in [-0.05, 0) is 43.4 Å². The van der Waals surface area contributed by atoms with Crippen molar-refractivity contribution in [1.82, 2.24) is 0 Å². The van der Waals surface area contributed by atoms with Crippen molar-refractivity contribution >= 4 is 17.6 Å². The molecule has 4 heteroatoms. The van der Waals surface area contributed by atoms with Crippen LogP contribution in [0.3, 0.4) is 0 Å². The summed E-state index contributed by atoms with van der Waals surface area (Å²) in [6.45, 7) is 3.55. The summed E-state index contributed by atoms with van der Waals surface area (Å²) >= 11 is 5.80. The summed E-state index contributed by atoms with van der Waals surface area (Å²) in [5, 5.41) is 9.65. The first kappa shape index (κ1) is 14.0. The predicted octanol–water partition coefficient (Wildman–Crippen LogP) is 2.71. The maximum atomic E-state index is 10.9. The van der Waals surface area contributed by atoms with Gasteiger partial charge >= 0.3 is 5.97 Å². The Morgan fingerprint density at radius 1 is 1.47 bits per heavy atom. The molecule has 0 aliphatic heterocycles. The molecule has 3 nitrogen and oxygen atoms in total. The van der Waals surface area contributed by atoms with Gasteiger partial charge in [-0.2, -0.15) is 0 Å². The lowest BCUT2D eigenvalue weighted by atomic mass is 9.87. The lowest BCUT2D eigenvalue weighted by Gasteiger charge is -2.23. The molecule has 0 amide bonds. The quantitative estimate of drug-likeness (QED) is 0.850. The highest BCUT2D eigenvalue weighted by molar-refractivity contribution is 6.30. The minimum Gasteiger partial charge on any atom is -0.480 e. The molecule has 0 fully saturated rings. The first-order valence-electron chi connectivity index (χ1n) is 5.58. The highest BCUT2D eigenvalue weighted by atomic mass is 35.5. The smallest absolute Gasteiger partial charge is 0.323 e. The Hall–Kier alpha value is -1.06. The Kier molecular flexibility index (Phi) is 4.54. The minimum atomic E-state index is -1.16. The maximum Gasteiger partial charge on any atom is 0.323 e. The number of hydrogen-bond donors (Lipinski definition) is 2. The molecule has 0 bridgehead atoms. The topological polar surface area (TPSA) is 63.3 Å². The fourth-order valence-electron chi connectivity index (χ4n) is 1.91. The average molecular weight is 256 g/mol. The van der Waals surface area contributed by atoms with E-state index in [1.54, 1.807) is 6.92 Å². The highest BCUT2D eigenvalue weighted by Crippen LogP contribution is 2.20. The Bertz CT molecular complexity index is 387. The molecule has 0 saturated heterocycles. The van der Waals surface area contributed by atoms with Crippen LogP contribution in [-0.2, 0) is 11.2 Å². The van der Waals surface area contributed by atoms with Crippen molar-refractivity contribution in [1.29, 1.82) is 0 Å². The van der Waals surface area contributed by atoms with Crippen molar-refractivity contribution in [3.05, 3.63) is 34.9 Å². The van der Waals surface area contributed by atoms with Crippen LogP contribution in [0, 0.1) is 5.92 Å². The summed E-state index contributed by atoms with van der Waals surface area (Å²) in [4.78, 5) is 10.9. The Morgan fingerprint density at radius 3 is 2.47 bits per heavy atom. The van der Waals surface area contributed by atoms with E-state index in [2.05, 4.69) is 0 Å². The van der Waals surface area contributed by atoms with Crippen LogP contribution in [0.15, 0.2) is 24.3 Å². The van der Waals surface area contributed by atoms with Crippen LogP contribution in [0.5, 0.6) is 0 Å². The minimum absolute atomic E-state index is 0.210. The summed E-state index contributed by atoms with van der Waals surface area (Å²) in [5.41, 5.74) is 5.70. The van der Waals surface area contributed by atoms with E-state index in [0.29, 0.717) is 11.4 Å². The van der Waals surface area contributed by atoms with Crippen LogP contribution in [0.1, 0.15) is 25.8 Å². The van der Waals surface area contributed by atoms with Crippen molar-refractivity contribution in [2.45, 2.75) is 32.2 Å². The van der Waals surface area contributed by atoms with Crippen LogP contribution >= 0.6 is 11.6 Å². The average Bonchev–Trinajstić information content (AvgIpc) is 2.20. The summed E-state index contributed by atoms with van der Waals surface area (Å²) in [6.07, 6.45) is 1.25. The lowest BCUT2D eigenvalue weighted by Crippen LogP contribution is -2.46. The third-order valence-electron chi connectivity index (χ3n) is 2.76. The van der Waals surface area contributed by atoms with E-state index in [9.17, 15) is 4.79 Å².